The van der Waals surface area contributed by atoms with Crippen LogP contribution in [-0.4, -0.2) is 55.7 Å². The van der Waals surface area contributed by atoms with Gasteiger partial charge in [0, 0.05) is 52.5 Å². The van der Waals surface area contributed by atoms with Crippen LogP contribution >= 0.6 is 0 Å². The van der Waals surface area contributed by atoms with Crippen molar-refractivity contribution >= 4 is 0 Å². The van der Waals surface area contributed by atoms with Crippen molar-refractivity contribution in [1.82, 2.24) is 9.80 Å². The van der Waals surface area contributed by atoms with Crippen LogP contribution in [0.15, 0.2) is 24.3 Å². The lowest BCUT2D eigenvalue weighted by molar-refractivity contribution is 0.102. The van der Waals surface area contributed by atoms with Gasteiger partial charge in [-0.05, 0) is 30.4 Å². The standard InChI is InChI=1S/C19H32N2O.C3H8/c1-4-22-15-5-10-20-11-13-21(14-12-20)16-18-6-8-19(9-7-18)17(2)3;1-3-2/h6-9,17H,4-5,10-16H2,1-3H3;3H2,1-2H3. The lowest BCUT2D eigenvalue weighted by Gasteiger charge is -2.34. The summed E-state index contributed by atoms with van der Waals surface area (Å²) in [5.41, 5.74) is 2.87. The van der Waals surface area contributed by atoms with E-state index in [0.717, 1.165) is 26.2 Å². The maximum atomic E-state index is 5.41. The zero-order valence-corrected chi connectivity index (χ0v) is 17.3. The van der Waals surface area contributed by atoms with Crippen LogP contribution in [0, 0.1) is 0 Å². The summed E-state index contributed by atoms with van der Waals surface area (Å²) in [7, 11) is 0. The lowest BCUT2D eigenvalue weighted by atomic mass is 10.0. The van der Waals surface area contributed by atoms with Gasteiger partial charge in [-0.25, -0.2) is 0 Å². The number of hydrogen-bond donors (Lipinski definition) is 0. The summed E-state index contributed by atoms with van der Waals surface area (Å²) in [5, 5.41) is 0. The van der Waals surface area contributed by atoms with E-state index in [2.05, 4.69) is 68.7 Å². The fraction of sp³-hybridized carbons (Fsp3) is 0.727. The highest BCUT2D eigenvalue weighted by atomic mass is 16.5. The highest BCUT2D eigenvalue weighted by Gasteiger charge is 2.16. The first kappa shape index (κ1) is 22.1. The van der Waals surface area contributed by atoms with Gasteiger partial charge >= 0.3 is 0 Å². The third-order valence-corrected chi connectivity index (χ3v) is 4.48. The molecule has 0 N–H and O–H groups in total. The summed E-state index contributed by atoms with van der Waals surface area (Å²) in [5.74, 6) is 0.620. The Morgan fingerprint density at radius 1 is 0.920 bits per heavy atom. The van der Waals surface area contributed by atoms with Crippen LogP contribution < -0.4 is 0 Å². The quantitative estimate of drug-likeness (QED) is 0.629. The predicted molar refractivity (Wildman–Crippen MR) is 109 cm³/mol. The Kier molecular flexibility index (Phi) is 11.8. The molecule has 1 aromatic rings. The van der Waals surface area contributed by atoms with E-state index in [0.29, 0.717) is 5.92 Å². The van der Waals surface area contributed by atoms with Crippen molar-refractivity contribution in [1.29, 1.82) is 0 Å². The number of piperazine rings is 1. The Morgan fingerprint density at radius 2 is 1.48 bits per heavy atom. The molecule has 1 aromatic carbocycles. The molecule has 0 spiro atoms. The fourth-order valence-electron chi connectivity index (χ4n) is 2.97. The third kappa shape index (κ3) is 9.39. The lowest BCUT2D eigenvalue weighted by Crippen LogP contribution is -2.46. The highest BCUT2D eigenvalue weighted by molar-refractivity contribution is 5.24. The van der Waals surface area contributed by atoms with Crippen molar-refractivity contribution in [2.75, 3.05) is 45.9 Å². The largest absolute Gasteiger partial charge is 0.382 e. The molecule has 2 rings (SSSR count). The van der Waals surface area contributed by atoms with Crippen molar-refractivity contribution in [2.24, 2.45) is 0 Å². The average molecular weight is 349 g/mol. The normalized spacial score (nSPS) is 15.9. The number of ether oxygens (including phenoxy) is 1. The van der Waals surface area contributed by atoms with Crippen LogP contribution in [0.3, 0.4) is 0 Å². The van der Waals surface area contributed by atoms with Crippen LogP contribution in [0.5, 0.6) is 0 Å². The van der Waals surface area contributed by atoms with Gasteiger partial charge in [0.05, 0.1) is 0 Å². The third-order valence-electron chi connectivity index (χ3n) is 4.48. The number of nitrogens with zero attached hydrogens (tertiary/aromatic N) is 2. The van der Waals surface area contributed by atoms with E-state index in [-0.39, 0.29) is 0 Å². The Labute approximate surface area is 156 Å². The Bertz CT molecular complexity index is 422. The summed E-state index contributed by atoms with van der Waals surface area (Å²) in [4.78, 5) is 5.14. The molecule has 1 fully saturated rings. The van der Waals surface area contributed by atoms with Crippen molar-refractivity contribution in [3.63, 3.8) is 0 Å². The van der Waals surface area contributed by atoms with E-state index < -0.39 is 0 Å². The average Bonchev–Trinajstić information content (AvgIpc) is 2.61. The number of benzene rings is 1. The first-order valence-corrected chi connectivity index (χ1v) is 10.2. The Balaban J connectivity index is 0.000000970. The van der Waals surface area contributed by atoms with Gasteiger partial charge in [0.25, 0.3) is 0 Å². The van der Waals surface area contributed by atoms with Crippen molar-refractivity contribution in [2.45, 2.75) is 59.9 Å². The van der Waals surface area contributed by atoms with Crippen LogP contribution in [0.2, 0.25) is 0 Å². The molecular formula is C22H40N2O. The van der Waals surface area contributed by atoms with E-state index in [9.17, 15) is 0 Å². The monoisotopic (exact) mass is 348 g/mol. The van der Waals surface area contributed by atoms with Crippen molar-refractivity contribution < 1.29 is 4.74 Å². The van der Waals surface area contributed by atoms with Gasteiger partial charge in [-0.3, -0.25) is 4.90 Å². The second kappa shape index (κ2) is 13.3. The Hall–Kier alpha value is -0.900. The van der Waals surface area contributed by atoms with Gasteiger partial charge in [-0.15, -0.1) is 0 Å². The topological polar surface area (TPSA) is 15.7 Å². The molecule has 3 nitrogen and oxygen atoms in total. The summed E-state index contributed by atoms with van der Waals surface area (Å²) >= 11 is 0. The van der Waals surface area contributed by atoms with Gasteiger partial charge in [0.1, 0.15) is 0 Å². The van der Waals surface area contributed by atoms with Crippen molar-refractivity contribution in [3.8, 4) is 0 Å². The molecule has 1 aliphatic heterocycles. The second-order valence-corrected chi connectivity index (χ2v) is 7.27. The molecule has 0 radical (unpaired) electrons. The molecule has 1 saturated heterocycles. The first-order chi connectivity index (χ1) is 12.1. The second-order valence-electron chi connectivity index (χ2n) is 7.27. The van der Waals surface area contributed by atoms with Gasteiger partial charge in [0.15, 0.2) is 0 Å². The van der Waals surface area contributed by atoms with Crippen molar-refractivity contribution in [3.05, 3.63) is 35.4 Å². The van der Waals surface area contributed by atoms with E-state index in [1.54, 1.807) is 0 Å². The van der Waals surface area contributed by atoms with Crippen LogP contribution in [0.4, 0.5) is 0 Å². The summed E-state index contributed by atoms with van der Waals surface area (Å²) in [6.45, 7) is 19.6. The molecule has 0 unspecified atom stereocenters. The Morgan fingerprint density at radius 3 is 2.00 bits per heavy atom. The minimum atomic E-state index is 0.620. The molecular weight excluding hydrogens is 308 g/mol. The maximum absolute atomic E-state index is 5.41. The SMILES string of the molecule is CCC.CCOCCCN1CCN(Cc2ccc(C(C)C)cc2)CC1. The number of hydrogen-bond acceptors (Lipinski definition) is 3. The molecule has 144 valence electrons. The van der Waals surface area contributed by atoms with Crippen LogP contribution in [0.25, 0.3) is 0 Å². The maximum Gasteiger partial charge on any atom is 0.0478 e. The summed E-state index contributed by atoms with van der Waals surface area (Å²) in [6, 6.07) is 9.15. The molecule has 1 aliphatic rings. The molecule has 0 aromatic heterocycles. The molecule has 1 heterocycles. The van der Waals surface area contributed by atoms with E-state index in [1.165, 1.54) is 50.3 Å². The van der Waals surface area contributed by atoms with Gasteiger partial charge in [0.2, 0.25) is 0 Å². The number of rotatable bonds is 8. The van der Waals surface area contributed by atoms with Crippen LogP contribution in [-0.2, 0) is 11.3 Å². The molecule has 3 heteroatoms. The van der Waals surface area contributed by atoms with Crippen LogP contribution in [0.1, 0.15) is 64.5 Å². The van der Waals surface area contributed by atoms with Gasteiger partial charge in [-0.2, -0.15) is 0 Å². The minimum Gasteiger partial charge on any atom is -0.382 e. The van der Waals surface area contributed by atoms with Gasteiger partial charge in [-0.1, -0.05) is 58.4 Å². The predicted octanol–water partition coefficient (Wildman–Crippen LogP) is 4.77. The zero-order valence-electron chi connectivity index (χ0n) is 17.3. The first-order valence-electron chi connectivity index (χ1n) is 10.2. The smallest absolute Gasteiger partial charge is 0.0478 e. The summed E-state index contributed by atoms with van der Waals surface area (Å²) in [6.07, 6.45) is 2.41. The molecule has 0 aliphatic carbocycles. The molecule has 0 amide bonds. The molecule has 25 heavy (non-hydrogen) atoms. The zero-order chi connectivity index (χ0) is 18.5. The fourth-order valence-corrected chi connectivity index (χ4v) is 2.97. The summed E-state index contributed by atoms with van der Waals surface area (Å²) < 4.78 is 5.41. The minimum absolute atomic E-state index is 0.620. The van der Waals surface area contributed by atoms with E-state index >= 15 is 0 Å². The highest BCUT2D eigenvalue weighted by Crippen LogP contribution is 2.16. The molecule has 0 bridgehead atoms. The van der Waals surface area contributed by atoms with E-state index in [1.807, 2.05) is 0 Å². The van der Waals surface area contributed by atoms with Gasteiger partial charge < -0.3 is 9.64 Å². The van der Waals surface area contributed by atoms with E-state index in [4.69, 9.17) is 4.74 Å². The molecule has 0 saturated carbocycles. The molecule has 0 atom stereocenters.